The first-order valence-corrected chi connectivity index (χ1v) is 8.13. The van der Waals surface area contributed by atoms with Gasteiger partial charge in [0, 0.05) is 24.8 Å². The highest BCUT2D eigenvalue weighted by molar-refractivity contribution is 7.13. The van der Waals surface area contributed by atoms with E-state index in [4.69, 9.17) is 5.11 Å². The number of nitrogens with zero attached hydrogens (tertiary/aromatic N) is 1. The van der Waals surface area contributed by atoms with Crippen molar-refractivity contribution in [2.75, 3.05) is 5.32 Å². The fourth-order valence-electron chi connectivity index (χ4n) is 1.87. The maximum Gasteiger partial charge on any atom is 0.335 e. The second-order valence-electron chi connectivity index (χ2n) is 5.12. The lowest BCUT2D eigenvalue weighted by atomic mass is 10.1. The molecule has 24 heavy (non-hydrogen) atoms. The number of hydrogen-bond acceptors (Lipinski definition) is 5. The number of carboxylic acids is 1. The van der Waals surface area contributed by atoms with Gasteiger partial charge in [-0.1, -0.05) is 12.1 Å². The van der Waals surface area contributed by atoms with E-state index >= 15 is 0 Å². The molecule has 0 spiro atoms. The lowest BCUT2D eigenvalue weighted by molar-refractivity contribution is -0.124. The molecule has 0 aliphatic carbocycles. The molecule has 0 bridgehead atoms. The van der Waals surface area contributed by atoms with Gasteiger partial charge in [0.2, 0.25) is 11.8 Å². The van der Waals surface area contributed by atoms with Crippen molar-refractivity contribution in [3.05, 3.63) is 46.5 Å². The Hall–Kier alpha value is -2.74. The molecule has 0 atom stereocenters. The minimum Gasteiger partial charge on any atom is -0.478 e. The summed E-state index contributed by atoms with van der Waals surface area (Å²) in [6.07, 6.45) is 0.145. The Morgan fingerprint density at radius 2 is 1.79 bits per heavy atom. The van der Waals surface area contributed by atoms with Crippen LogP contribution in [0.15, 0.2) is 29.6 Å². The van der Waals surface area contributed by atoms with Gasteiger partial charge >= 0.3 is 5.97 Å². The Morgan fingerprint density at radius 1 is 1.12 bits per heavy atom. The third-order valence-corrected chi connectivity index (χ3v) is 4.01. The number of aromatic carboxylic acids is 1. The molecule has 1 aromatic heterocycles. The molecule has 0 radical (unpaired) electrons. The minimum atomic E-state index is -0.993. The molecule has 2 amide bonds. The number of aryl methyl sites for hydroxylation is 1. The summed E-state index contributed by atoms with van der Waals surface area (Å²) in [5.41, 5.74) is 1.82. The molecular formula is C16H17N3O4S. The Labute approximate surface area is 142 Å². The third kappa shape index (κ3) is 5.47. The van der Waals surface area contributed by atoms with Crippen molar-refractivity contribution >= 4 is 34.3 Å². The Balaban J connectivity index is 1.71. The van der Waals surface area contributed by atoms with Crippen molar-refractivity contribution in [1.82, 2.24) is 10.3 Å². The first-order chi connectivity index (χ1) is 11.4. The molecule has 0 unspecified atom stereocenters. The largest absolute Gasteiger partial charge is 0.478 e. The molecule has 0 saturated heterocycles. The molecule has 0 fully saturated rings. The number of rotatable bonds is 7. The van der Waals surface area contributed by atoms with E-state index in [1.165, 1.54) is 23.5 Å². The van der Waals surface area contributed by atoms with E-state index in [0.717, 1.165) is 11.3 Å². The topological polar surface area (TPSA) is 108 Å². The summed E-state index contributed by atoms with van der Waals surface area (Å²) in [4.78, 5) is 38.3. The minimum absolute atomic E-state index is 0.0718. The van der Waals surface area contributed by atoms with Crippen LogP contribution in [0.25, 0.3) is 0 Å². The van der Waals surface area contributed by atoms with E-state index in [-0.39, 0.29) is 36.8 Å². The molecule has 2 aromatic rings. The molecule has 3 N–H and O–H groups in total. The van der Waals surface area contributed by atoms with Crippen molar-refractivity contribution in [3.63, 3.8) is 0 Å². The van der Waals surface area contributed by atoms with Gasteiger partial charge in [-0.05, 0) is 24.6 Å². The summed E-state index contributed by atoms with van der Waals surface area (Å²) < 4.78 is 0. The molecule has 8 heteroatoms. The van der Waals surface area contributed by atoms with Gasteiger partial charge in [0.05, 0.1) is 11.3 Å². The maximum absolute atomic E-state index is 11.8. The van der Waals surface area contributed by atoms with Gasteiger partial charge in [-0.25, -0.2) is 9.78 Å². The first kappa shape index (κ1) is 17.6. The fourth-order valence-corrected chi connectivity index (χ4v) is 2.58. The Morgan fingerprint density at radius 3 is 2.38 bits per heavy atom. The SMILES string of the molecule is Cc1csc(NC(=O)CCC(=O)NCc2ccc(C(=O)O)cc2)n1. The van der Waals surface area contributed by atoms with Crippen LogP contribution in [-0.4, -0.2) is 27.9 Å². The van der Waals surface area contributed by atoms with Crippen molar-refractivity contribution < 1.29 is 19.5 Å². The van der Waals surface area contributed by atoms with Crippen LogP contribution in [0, 0.1) is 6.92 Å². The zero-order chi connectivity index (χ0) is 17.5. The van der Waals surface area contributed by atoms with E-state index in [1.54, 1.807) is 12.1 Å². The smallest absolute Gasteiger partial charge is 0.335 e. The van der Waals surface area contributed by atoms with Gasteiger partial charge in [-0.2, -0.15) is 0 Å². The Kier molecular flexibility index (Phi) is 6.02. The number of aromatic nitrogens is 1. The highest BCUT2D eigenvalue weighted by Crippen LogP contribution is 2.14. The fraction of sp³-hybridized carbons (Fsp3) is 0.250. The molecule has 0 aliphatic heterocycles. The highest BCUT2D eigenvalue weighted by Gasteiger charge is 2.09. The second-order valence-corrected chi connectivity index (χ2v) is 5.98. The number of amides is 2. The van der Waals surface area contributed by atoms with Gasteiger partial charge in [-0.3, -0.25) is 9.59 Å². The molecule has 1 aromatic carbocycles. The summed E-state index contributed by atoms with van der Waals surface area (Å²) in [5, 5.41) is 16.5. The van der Waals surface area contributed by atoms with Crippen LogP contribution in [0.3, 0.4) is 0 Å². The van der Waals surface area contributed by atoms with E-state index < -0.39 is 5.97 Å². The average Bonchev–Trinajstić information content (AvgIpc) is 2.96. The summed E-state index contributed by atoms with van der Waals surface area (Å²) in [7, 11) is 0. The molecule has 2 rings (SSSR count). The summed E-state index contributed by atoms with van der Waals surface area (Å²) in [6, 6.07) is 6.24. The Bertz CT molecular complexity index is 740. The van der Waals surface area contributed by atoms with Gasteiger partial charge in [-0.15, -0.1) is 11.3 Å². The van der Waals surface area contributed by atoms with Gasteiger partial charge in [0.25, 0.3) is 0 Å². The van der Waals surface area contributed by atoms with Crippen LogP contribution in [0.5, 0.6) is 0 Å². The lowest BCUT2D eigenvalue weighted by Gasteiger charge is -2.06. The van der Waals surface area contributed by atoms with Crippen LogP contribution >= 0.6 is 11.3 Å². The number of benzene rings is 1. The molecule has 1 heterocycles. The predicted octanol–water partition coefficient (Wildman–Crippen LogP) is 2.18. The summed E-state index contributed by atoms with van der Waals surface area (Å²) in [5.74, 6) is -1.50. The van der Waals surface area contributed by atoms with Crippen LogP contribution in [-0.2, 0) is 16.1 Å². The molecule has 7 nitrogen and oxygen atoms in total. The predicted molar refractivity (Wildman–Crippen MR) is 90.0 cm³/mol. The first-order valence-electron chi connectivity index (χ1n) is 7.25. The number of hydrogen-bond donors (Lipinski definition) is 3. The monoisotopic (exact) mass is 347 g/mol. The van der Waals surface area contributed by atoms with E-state index in [0.29, 0.717) is 5.13 Å². The van der Waals surface area contributed by atoms with Crippen LogP contribution in [0.2, 0.25) is 0 Å². The van der Waals surface area contributed by atoms with Gasteiger partial charge < -0.3 is 15.7 Å². The van der Waals surface area contributed by atoms with Crippen LogP contribution in [0.1, 0.15) is 34.5 Å². The summed E-state index contributed by atoms with van der Waals surface area (Å²) >= 11 is 1.34. The maximum atomic E-state index is 11.8. The standard InChI is InChI=1S/C16H17N3O4S/c1-10-9-24-16(18-10)19-14(21)7-6-13(20)17-8-11-2-4-12(5-3-11)15(22)23/h2-5,9H,6-8H2,1H3,(H,17,20)(H,22,23)(H,18,19,21). The molecular weight excluding hydrogens is 330 g/mol. The lowest BCUT2D eigenvalue weighted by Crippen LogP contribution is -2.24. The third-order valence-electron chi connectivity index (χ3n) is 3.14. The highest BCUT2D eigenvalue weighted by atomic mass is 32.1. The second kappa shape index (κ2) is 8.21. The van der Waals surface area contributed by atoms with Gasteiger partial charge in [0.1, 0.15) is 0 Å². The van der Waals surface area contributed by atoms with E-state index in [1.807, 2.05) is 12.3 Å². The van der Waals surface area contributed by atoms with E-state index in [2.05, 4.69) is 15.6 Å². The van der Waals surface area contributed by atoms with Crippen LogP contribution < -0.4 is 10.6 Å². The van der Waals surface area contributed by atoms with E-state index in [9.17, 15) is 14.4 Å². The summed E-state index contributed by atoms with van der Waals surface area (Å²) in [6.45, 7) is 2.12. The number of anilines is 1. The average molecular weight is 347 g/mol. The van der Waals surface area contributed by atoms with Crippen molar-refractivity contribution in [2.24, 2.45) is 0 Å². The molecule has 0 saturated carbocycles. The van der Waals surface area contributed by atoms with Crippen molar-refractivity contribution in [3.8, 4) is 0 Å². The van der Waals surface area contributed by atoms with Crippen molar-refractivity contribution in [1.29, 1.82) is 0 Å². The molecule has 0 aliphatic rings. The zero-order valence-electron chi connectivity index (χ0n) is 13.0. The quantitative estimate of drug-likeness (QED) is 0.711. The zero-order valence-corrected chi connectivity index (χ0v) is 13.9. The number of carbonyl (C=O) groups is 3. The number of thiazole rings is 1. The number of carboxylic acid groups (broad SMARTS) is 1. The number of carbonyl (C=O) groups excluding carboxylic acids is 2. The molecule has 126 valence electrons. The normalized spacial score (nSPS) is 10.2. The van der Waals surface area contributed by atoms with Crippen LogP contribution in [0.4, 0.5) is 5.13 Å². The van der Waals surface area contributed by atoms with Gasteiger partial charge in [0.15, 0.2) is 5.13 Å². The van der Waals surface area contributed by atoms with Crippen molar-refractivity contribution in [2.45, 2.75) is 26.3 Å². The number of nitrogens with one attached hydrogen (secondary N) is 2.